The Morgan fingerprint density at radius 1 is 1.09 bits per heavy atom. The lowest BCUT2D eigenvalue weighted by atomic mass is 10.1. The summed E-state index contributed by atoms with van der Waals surface area (Å²) in [6.07, 6.45) is 0. The van der Waals surface area contributed by atoms with Crippen molar-refractivity contribution >= 4 is 23.3 Å². The van der Waals surface area contributed by atoms with E-state index in [9.17, 15) is 19.7 Å². The van der Waals surface area contributed by atoms with Crippen LogP contribution in [-0.4, -0.2) is 61.1 Å². The molecule has 0 atom stereocenters. The van der Waals surface area contributed by atoms with E-state index in [0.717, 1.165) is 11.1 Å². The highest BCUT2D eigenvalue weighted by Crippen LogP contribution is 2.30. The van der Waals surface area contributed by atoms with Gasteiger partial charge in [-0.25, -0.2) is 4.79 Å². The normalized spacial score (nSPS) is 13.6. The summed E-state index contributed by atoms with van der Waals surface area (Å²) < 4.78 is 10.6. The zero-order chi connectivity index (χ0) is 23.3. The van der Waals surface area contributed by atoms with Crippen LogP contribution in [0.1, 0.15) is 28.4 Å². The number of amides is 1. The second-order valence-electron chi connectivity index (χ2n) is 7.54. The third-order valence-electron chi connectivity index (χ3n) is 5.56. The molecule has 32 heavy (non-hydrogen) atoms. The van der Waals surface area contributed by atoms with E-state index in [4.69, 9.17) is 9.47 Å². The summed E-state index contributed by atoms with van der Waals surface area (Å²) in [5.41, 5.74) is 2.50. The van der Waals surface area contributed by atoms with E-state index < -0.39 is 10.9 Å². The fourth-order valence-electron chi connectivity index (χ4n) is 3.59. The van der Waals surface area contributed by atoms with Crippen LogP contribution in [0.25, 0.3) is 0 Å². The van der Waals surface area contributed by atoms with Crippen molar-refractivity contribution in [1.82, 2.24) is 4.90 Å². The lowest BCUT2D eigenvalue weighted by molar-refractivity contribution is -0.384. The topological polar surface area (TPSA) is 102 Å². The Bertz CT molecular complexity index is 1010. The Kier molecular flexibility index (Phi) is 7.29. The third-order valence-corrected chi connectivity index (χ3v) is 5.56. The van der Waals surface area contributed by atoms with E-state index in [-0.39, 0.29) is 30.4 Å². The summed E-state index contributed by atoms with van der Waals surface area (Å²) in [6, 6.07) is 10.0. The number of rotatable bonds is 7. The second-order valence-corrected chi connectivity index (χ2v) is 7.54. The Morgan fingerprint density at radius 2 is 1.81 bits per heavy atom. The number of aryl methyl sites for hydroxylation is 1. The summed E-state index contributed by atoms with van der Waals surface area (Å²) in [4.78, 5) is 39.1. The molecule has 0 spiro atoms. The zero-order valence-corrected chi connectivity index (χ0v) is 18.5. The van der Waals surface area contributed by atoms with Crippen molar-refractivity contribution in [1.29, 1.82) is 0 Å². The van der Waals surface area contributed by atoms with Crippen molar-refractivity contribution in [3.05, 3.63) is 63.2 Å². The van der Waals surface area contributed by atoms with Gasteiger partial charge in [0.25, 0.3) is 11.6 Å². The summed E-state index contributed by atoms with van der Waals surface area (Å²) >= 11 is 0. The van der Waals surface area contributed by atoms with E-state index in [0.29, 0.717) is 37.6 Å². The highest BCUT2D eigenvalue weighted by molar-refractivity contribution is 5.91. The largest absolute Gasteiger partial charge is 0.483 e. The van der Waals surface area contributed by atoms with Crippen LogP contribution >= 0.6 is 0 Å². The molecule has 9 heteroatoms. The minimum absolute atomic E-state index is 0.0569. The molecule has 170 valence electrons. The van der Waals surface area contributed by atoms with Gasteiger partial charge in [0.1, 0.15) is 11.4 Å². The molecule has 0 saturated carbocycles. The van der Waals surface area contributed by atoms with Crippen LogP contribution in [0.2, 0.25) is 0 Å². The third kappa shape index (κ3) is 5.16. The number of anilines is 1. The molecule has 2 aromatic carbocycles. The van der Waals surface area contributed by atoms with Gasteiger partial charge in [-0.15, -0.1) is 0 Å². The van der Waals surface area contributed by atoms with Crippen LogP contribution in [-0.2, 0) is 9.53 Å². The van der Waals surface area contributed by atoms with E-state index >= 15 is 0 Å². The maximum absolute atomic E-state index is 12.6. The molecule has 1 amide bonds. The average molecular weight is 441 g/mol. The molecule has 2 aromatic rings. The molecular formula is C23H27N3O6. The molecular weight excluding hydrogens is 414 g/mol. The maximum Gasteiger partial charge on any atom is 0.338 e. The van der Waals surface area contributed by atoms with Crippen LogP contribution < -0.4 is 9.64 Å². The fourth-order valence-corrected chi connectivity index (χ4v) is 3.59. The molecule has 1 aliphatic heterocycles. The first-order valence-electron chi connectivity index (χ1n) is 10.5. The number of esters is 1. The van der Waals surface area contributed by atoms with Crippen molar-refractivity contribution in [2.24, 2.45) is 0 Å². The van der Waals surface area contributed by atoms with Gasteiger partial charge >= 0.3 is 5.97 Å². The van der Waals surface area contributed by atoms with Crippen LogP contribution in [0.3, 0.4) is 0 Å². The summed E-state index contributed by atoms with van der Waals surface area (Å²) in [5, 5.41) is 11.6. The zero-order valence-electron chi connectivity index (χ0n) is 18.5. The van der Waals surface area contributed by atoms with Gasteiger partial charge in [0.05, 0.1) is 17.1 Å². The van der Waals surface area contributed by atoms with Crippen LogP contribution in [0, 0.1) is 24.0 Å². The van der Waals surface area contributed by atoms with Crippen LogP contribution in [0.15, 0.2) is 36.4 Å². The fraction of sp³-hybridized carbons (Fsp3) is 0.391. The predicted molar refractivity (Wildman–Crippen MR) is 119 cm³/mol. The summed E-state index contributed by atoms with van der Waals surface area (Å²) in [5.74, 6) is -0.0339. The first-order chi connectivity index (χ1) is 15.3. The Balaban J connectivity index is 1.62. The predicted octanol–water partition coefficient (Wildman–Crippen LogP) is 3.12. The monoisotopic (exact) mass is 441 g/mol. The summed E-state index contributed by atoms with van der Waals surface area (Å²) in [7, 11) is 0. The molecule has 0 bridgehead atoms. The molecule has 0 aromatic heterocycles. The number of benzene rings is 2. The van der Waals surface area contributed by atoms with Crippen LogP contribution in [0.5, 0.6) is 5.75 Å². The number of hydrogen-bond donors (Lipinski definition) is 0. The van der Waals surface area contributed by atoms with Crippen molar-refractivity contribution in [3.8, 4) is 5.75 Å². The maximum atomic E-state index is 12.6. The number of nitro groups is 1. The lowest BCUT2D eigenvalue weighted by Crippen LogP contribution is -2.50. The molecule has 0 unspecified atom stereocenters. The number of nitro benzene ring substituents is 1. The van der Waals surface area contributed by atoms with Gasteiger partial charge in [0, 0.05) is 32.2 Å². The first-order valence-corrected chi connectivity index (χ1v) is 10.5. The minimum atomic E-state index is -0.596. The molecule has 0 radical (unpaired) electrons. The molecule has 0 N–H and O–H groups in total. The molecule has 1 heterocycles. The highest BCUT2D eigenvalue weighted by Gasteiger charge is 2.27. The van der Waals surface area contributed by atoms with E-state index in [2.05, 4.69) is 0 Å². The number of piperazine rings is 1. The quantitative estimate of drug-likeness (QED) is 0.369. The van der Waals surface area contributed by atoms with Crippen molar-refractivity contribution in [2.75, 3.05) is 44.3 Å². The van der Waals surface area contributed by atoms with Crippen molar-refractivity contribution in [2.45, 2.75) is 20.8 Å². The van der Waals surface area contributed by atoms with Gasteiger partial charge in [0.2, 0.25) is 0 Å². The smallest absolute Gasteiger partial charge is 0.338 e. The molecule has 3 rings (SSSR count). The first kappa shape index (κ1) is 23.1. The second kappa shape index (κ2) is 10.1. The molecule has 9 nitrogen and oxygen atoms in total. The average Bonchev–Trinajstić information content (AvgIpc) is 2.79. The molecule has 1 saturated heterocycles. The number of hydrogen-bond acceptors (Lipinski definition) is 7. The van der Waals surface area contributed by atoms with E-state index in [1.807, 2.05) is 36.9 Å². The standard InChI is InChI=1S/C23H27N3O6/c1-4-31-23(28)18-8-9-19(20(14-18)26(29)30)24-10-12-25(13-11-24)22(27)15-32-21-7-5-6-16(2)17(21)3/h5-9,14H,4,10-13,15H2,1-3H3. The van der Waals surface area contributed by atoms with Crippen molar-refractivity contribution < 1.29 is 24.0 Å². The van der Waals surface area contributed by atoms with Gasteiger partial charge in [-0.3, -0.25) is 14.9 Å². The molecule has 1 aliphatic rings. The highest BCUT2D eigenvalue weighted by atomic mass is 16.6. The number of ether oxygens (including phenoxy) is 2. The molecule has 0 aliphatic carbocycles. The summed E-state index contributed by atoms with van der Waals surface area (Å²) in [6.45, 7) is 7.47. The Morgan fingerprint density at radius 3 is 2.47 bits per heavy atom. The van der Waals surface area contributed by atoms with Gasteiger partial charge in [-0.2, -0.15) is 0 Å². The van der Waals surface area contributed by atoms with Gasteiger partial charge in [-0.1, -0.05) is 12.1 Å². The number of carbonyl (C=O) groups is 2. The van der Waals surface area contributed by atoms with Gasteiger partial charge in [0.15, 0.2) is 6.61 Å². The SMILES string of the molecule is CCOC(=O)c1ccc(N2CCN(C(=O)COc3cccc(C)c3C)CC2)c([N+](=O)[O-])c1. The van der Waals surface area contributed by atoms with Crippen molar-refractivity contribution in [3.63, 3.8) is 0 Å². The Hall–Kier alpha value is -3.62. The Labute approximate surface area is 186 Å². The van der Waals surface area contributed by atoms with E-state index in [1.165, 1.54) is 12.1 Å². The van der Waals surface area contributed by atoms with Crippen LogP contribution in [0.4, 0.5) is 11.4 Å². The lowest BCUT2D eigenvalue weighted by Gasteiger charge is -2.35. The number of carbonyl (C=O) groups excluding carboxylic acids is 2. The number of nitrogens with zero attached hydrogens (tertiary/aromatic N) is 3. The van der Waals surface area contributed by atoms with Gasteiger partial charge < -0.3 is 19.3 Å². The van der Waals surface area contributed by atoms with Gasteiger partial charge in [-0.05, 0) is 50.1 Å². The van der Waals surface area contributed by atoms with E-state index in [1.54, 1.807) is 17.9 Å². The molecule has 1 fully saturated rings. The minimum Gasteiger partial charge on any atom is -0.483 e.